The topological polar surface area (TPSA) is 110 Å². The molecule has 0 saturated heterocycles. The van der Waals surface area contributed by atoms with Gasteiger partial charge in [-0.05, 0) is 48.0 Å². The number of hydrogen-bond acceptors (Lipinski definition) is 6. The van der Waals surface area contributed by atoms with Crippen LogP contribution in [-0.2, 0) is 13.2 Å². The maximum Gasteiger partial charge on any atom is 0.250 e. The molecule has 29 heavy (non-hydrogen) atoms. The monoisotopic (exact) mass is 388 g/mol. The summed E-state index contributed by atoms with van der Waals surface area (Å²) in [4.78, 5) is 15.9. The highest BCUT2D eigenvalue weighted by atomic mass is 16.5. The first-order valence-electron chi connectivity index (χ1n) is 8.87. The fraction of sp³-hybridized carbons (Fsp3) is 0.136. The Morgan fingerprint density at radius 2 is 1.97 bits per heavy atom. The number of benzene rings is 2. The number of nitriles is 1. The lowest BCUT2D eigenvalue weighted by molar-refractivity contribution is 0.100. The maximum atomic E-state index is 11.9. The first kappa shape index (κ1) is 19.7. The molecule has 7 heteroatoms. The third kappa shape index (κ3) is 5.02. The highest BCUT2D eigenvalue weighted by Gasteiger charge is 2.11. The highest BCUT2D eigenvalue weighted by molar-refractivity contribution is 5.98. The fourth-order valence-corrected chi connectivity index (χ4v) is 2.76. The van der Waals surface area contributed by atoms with Crippen LogP contribution < -0.4 is 20.5 Å². The number of ether oxygens (including phenoxy) is 2. The summed E-state index contributed by atoms with van der Waals surface area (Å²) in [5.74, 6) is 0.512. The van der Waals surface area contributed by atoms with Gasteiger partial charge in [0.2, 0.25) is 0 Å². The van der Waals surface area contributed by atoms with E-state index in [2.05, 4.69) is 16.4 Å². The summed E-state index contributed by atoms with van der Waals surface area (Å²) in [7, 11) is 1.54. The minimum Gasteiger partial charge on any atom is -0.496 e. The van der Waals surface area contributed by atoms with Gasteiger partial charge in [0.15, 0.2) is 0 Å². The number of nitrogens with one attached hydrogen (secondary N) is 1. The number of nitrogens with two attached hydrogens (primary N) is 1. The second kappa shape index (κ2) is 9.24. The molecule has 0 atom stereocenters. The molecule has 1 aromatic heterocycles. The Labute approximate surface area is 168 Å². The van der Waals surface area contributed by atoms with Gasteiger partial charge in [-0.1, -0.05) is 6.07 Å². The third-order valence-electron chi connectivity index (χ3n) is 4.30. The average Bonchev–Trinajstić information content (AvgIpc) is 2.77. The van der Waals surface area contributed by atoms with E-state index in [1.54, 1.807) is 48.8 Å². The fourth-order valence-electron chi connectivity index (χ4n) is 2.76. The van der Waals surface area contributed by atoms with Crippen molar-refractivity contribution < 1.29 is 14.3 Å². The lowest BCUT2D eigenvalue weighted by Gasteiger charge is -2.14. The van der Waals surface area contributed by atoms with Crippen molar-refractivity contribution in [3.05, 3.63) is 83.2 Å². The molecule has 0 aliphatic rings. The van der Waals surface area contributed by atoms with Crippen molar-refractivity contribution in [1.29, 1.82) is 5.26 Å². The van der Waals surface area contributed by atoms with E-state index in [4.69, 9.17) is 20.5 Å². The summed E-state index contributed by atoms with van der Waals surface area (Å²) < 4.78 is 11.1. The Morgan fingerprint density at radius 1 is 1.17 bits per heavy atom. The predicted molar refractivity (Wildman–Crippen MR) is 109 cm³/mol. The zero-order valence-corrected chi connectivity index (χ0v) is 15.9. The number of aromatic nitrogens is 1. The van der Waals surface area contributed by atoms with Gasteiger partial charge >= 0.3 is 0 Å². The van der Waals surface area contributed by atoms with E-state index in [1.807, 2.05) is 12.1 Å². The molecule has 7 nitrogen and oxygen atoms in total. The Morgan fingerprint density at radius 3 is 2.66 bits per heavy atom. The zero-order chi connectivity index (χ0) is 20.6. The van der Waals surface area contributed by atoms with Crippen molar-refractivity contribution in [2.24, 2.45) is 5.73 Å². The molecule has 3 N–H and O–H groups in total. The van der Waals surface area contributed by atoms with Crippen LogP contribution in [0.3, 0.4) is 0 Å². The van der Waals surface area contributed by atoms with Crippen LogP contribution in [0.2, 0.25) is 0 Å². The van der Waals surface area contributed by atoms with Gasteiger partial charge in [-0.25, -0.2) is 0 Å². The molecule has 0 aliphatic heterocycles. The Kier molecular flexibility index (Phi) is 6.28. The Hall–Kier alpha value is -4.05. The maximum absolute atomic E-state index is 11.9. The quantitative estimate of drug-likeness (QED) is 0.613. The zero-order valence-electron chi connectivity index (χ0n) is 15.9. The van der Waals surface area contributed by atoms with Crippen LogP contribution in [0.1, 0.15) is 27.0 Å². The van der Waals surface area contributed by atoms with Crippen LogP contribution in [0.25, 0.3) is 0 Å². The van der Waals surface area contributed by atoms with E-state index < -0.39 is 5.91 Å². The summed E-state index contributed by atoms with van der Waals surface area (Å²) >= 11 is 0. The molecule has 1 amide bonds. The summed E-state index contributed by atoms with van der Waals surface area (Å²) in [6.45, 7) is 0.752. The third-order valence-corrected chi connectivity index (χ3v) is 4.30. The summed E-state index contributed by atoms with van der Waals surface area (Å²) in [6, 6.07) is 16.1. The second-order valence-corrected chi connectivity index (χ2v) is 6.21. The molecule has 1 heterocycles. The van der Waals surface area contributed by atoms with Crippen molar-refractivity contribution in [3.63, 3.8) is 0 Å². The summed E-state index contributed by atoms with van der Waals surface area (Å²) in [5, 5.41) is 12.2. The summed E-state index contributed by atoms with van der Waals surface area (Å²) in [6.07, 6.45) is 3.42. The van der Waals surface area contributed by atoms with Gasteiger partial charge in [-0.3, -0.25) is 9.78 Å². The number of anilines is 1. The van der Waals surface area contributed by atoms with Crippen LogP contribution in [0.4, 0.5) is 5.69 Å². The van der Waals surface area contributed by atoms with Crippen LogP contribution in [0, 0.1) is 11.3 Å². The Balaban J connectivity index is 1.73. The Bertz CT molecular complexity index is 1050. The normalized spacial score (nSPS) is 10.1. The molecule has 0 saturated carbocycles. The second-order valence-electron chi connectivity index (χ2n) is 6.21. The number of methoxy groups -OCH3 is 1. The number of amides is 1. The highest BCUT2D eigenvalue weighted by Crippen LogP contribution is 2.25. The molecule has 0 unspecified atom stereocenters. The van der Waals surface area contributed by atoms with Gasteiger partial charge < -0.3 is 20.5 Å². The van der Waals surface area contributed by atoms with Crippen LogP contribution >= 0.6 is 0 Å². The van der Waals surface area contributed by atoms with E-state index in [0.717, 1.165) is 11.1 Å². The van der Waals surface area contributed by atoms with Crippen molar-refractivity contribution in [1.82, 2.24) is 4.98 Å². The van der Waals surface area contributed by atoms with Crippen molar-refractivity contribution in [2.75, 3.05) is 12.4 Å². The first-order valence-corrected chi connectivity index (χ1v) is 8.87. The van der Waals surface area contributed by atoms with Gasteiger partial charge in [-0.2, -0.15) is 5.26 Å². The number of rotatable bonds is 8. The summed E-state index contributed by atoms with van der Waals surface area (Å²) in [5.41, 5.74) is 8.82. The first-order chi connectivity index (χ1) is 14.1. The van der Waals surface area contributed by atoms with Gasteiger partial charge in [0.05, 0.1) is 24.3 Å². The average molecular weight is 388 g/mol. The van der Waals surface area contributed by atoms with Crippen LogP contribution in [0.15, 0.2) is 60.9 Å². The van der Waals surface area contributed by atoms with E-state index in [-0.39, 0.29) is 6.61 Å². The number of hydrogen-bond donors (Lipinski definition) is 2. The number of nitrogens with zero attached hydrogens (tertiary/aromatic N) is 2. The molecule has 0 radical (unpaired) electrons. The van der Waals surface area contributed by atoms with Gasteiger partial charge in [-0.15, -0.1) is 0 Å². The number of carbonyl (C=O) groups excluding carboxylic acids is 1. The number of primary amides is 1. The van der Waals surface area contributed by atoms with E-state index in [0.29, 0.717) is 34.9 Å². The molecule has 0 fully saturated rings. The SMILES string of the molecule is COc1cc(C#N)ccc1COc1ccc(NCc2ccncc2)c(C(N)=O)c1. The van der Waals surface area contributed by atoms with E-state index >= 15 is 0 Å². The molecule has 3 rings (SSSR count). The molecule has 2 aromatic carbocycles. The molecular weight excluding hydrogens is 368 g/mol. The number of carbonyl (C=O) groups is 1. The van der Waals surface area contributed by atoms with Crippen molar-refractivity contribution in [3.8, 4) is 17.6 Å². The number of pyridine rings is 1. The smallest absolute Gasteiger partial charge is 0.250 e. The van der Waals surface area contributed by atoms with Crippen LogP contribution in [-0.4, -0.2) is 18.0 Å². The lowest BCUT2D eigenvalue weighted by Crippen LogP contribution is -2.14. The van der Waals surface area contributed by atoms with Gasteiger partial charge in [0.1, 0.15) is 18.1 Å². The molecule has 3 aromatic rings. The molecule has 0 spiro atoms. The minimum atomic E-state index is -0.552. The minimum absolute atomic E-state index is 0.219. The molecule has 0 bridgehead atoms. The largest absolute Gasteiger partial charge is 0.496 e. The van der Waals surface area contributed by atoms with Gasteiger partial charge in [0, 0.05) is 30.2 Å². The van der Waals surface area contributed by atoms with E-state index in [1.165, 1.54) is 7.11 Å². The van der Waals surface area contributed by atoms with Gasteiger partial charge in [0.25, 0.3) is 5.91 Å². The van der Waals surface area contributed by atoms with Crippen molar-refractivity contribution in [2.45, 2.75) is 13.2 Å². The molecule has 146 valence electrons. The van der Waals surface area contributed by atoms with Crippen LogP contribution in [0.5, 0.6) is 11.5 Å². The van der Waals surface area contributed by atoms with E-state index in [9.17, 15) is 4.79 Å². The lowest BCUT2D eigenvalue weighted by atomic mass is 10.1. The standard InChI is InChI=1S/C22H20N4O3/c1-28-21-10-16(12-23)2-3-17(21)14-29-18-4-5-20(19(11-18)22(24)27)26-13-15-6-8-25-9-7-15/h2-11,26H,13-14H2,1H3,(H2,24,27). The van der Waals surface area contributed by atoms with Crippen molar-refractivity contribution >= 4 is 11.6 Å². The molecule has 0 aliphatic carbocycles. The predicted octanol–water partition coefficient (Wildman–Crippen LogP) is 3.25. The molecular formula is C22H20N4O3.